The molecule has 0 spiro atoms. The van der Waals surface area contributed by atoms with Crippen LogP contribution in [0.3, 0.4) is 0 Å². The predicted octanol–water partition coefficient (Wildman–Crippen LogP) is 3.97. The minimum Gasteiger partial charge on any atom is -0.357 e. The van der Waals surface area contributed by atoms with Crippen molar-refractivity contribution in [3.05, 3.63) is 63.1 Å². The first-order chi connectivity index (χ1) is 15.0. The van der Waals surface area contributed by atoms with E-state index in [1.807, 2.05) is 0 Å². The zero-order valence-electron chi connectivity index (χ0n) is 17.8. The highest BCUT2D eigenvalue weighted by atomic mass is 35.5. The van der Waals surface area contributed by atoms with Crippen LogP contribution >= 0.6 is 34.8 Å². The Hall–Kier alpha value is -2.00. The van der Waals surface area contributed by atoms with E-state index in [4.69, 9.17) is 34.8 Å². The molecule has 0 saturated heterocycles. The van der Waals surface area contributed by atoms with Gasteiger partial charge in [-0.1, -0.05) is 66.0 Å². The van der Waals surface area contributed by atoms with E-state index < -0.39 is 28.5 Å². The summed E-state index contributed by atoms with van der Waals surface area (Å²) in [6, 6.07) is 10.6. The van der Waals surface area contributed by atoms with Crippen LogP contribution in [0.25, 0.3) is 0 Å². The second-order valence-corrected chi connectivity index (χ2v) is 10.1. The molecule has 0 aromatic heterocycles. The lowest BCUT2D eigenvalue weighted by Crippen LogP contribution is -2.51. The quantitative estimate of drug-likeness (QED) is 0.542. The van der Waals surface area contributed by atoms with Crippen LogP contribution in [0.15, 0.2) is 42.5 Å². The van der Waals surface area contributed by atoms with E-state index in [9.17, 15) is 18.0 Å². The predicted molar refractivity (Wildman–Crippen MR) is 129 cm³/mol. The van der Waals surface area contributed by atoms with Gasteiger partial charge in [0.2, 0.25) is 21.8 Å². The van der Waals surface area contributed by atoms with Crippen molar-refractivity contribution < 1.29 is 18.0 Å². The molecular weight excluding hydrogens is 497 g/mol. The molecule has 0 fully saturated rings. The Balaban J connectivity index is 2.49. The van der Waals surface area contributed by atoms with Gasteiger partial charge in [-0.15, -0.1) is 0 Å². The van der Waals surface area contributed by atoms with E-state index in [-0.39, 0.29) is 28.2 Å². The number of amides is 2. The molecule has 2 aromatic carbocycles. The number of rotatable bonds is 9. The van der Waals surface area contributed by atoms with Gasteiger partial charge in [0, 0.05) is 18.6 Å². The lowest BCUT2D eigenvalue weighted by molar-refractivity contribution is -0.140. The lowest BCUT2D eigenvalue weighted by atomic mass is 10.1. The van der Waals surface area contributed by atoms with Crippen LogP contribution in [0, 0.1) is 0 Å². The topological polar surface area (TPSA) is 86.8 Å². The fourth-order valence-electron chi connectivity index (χ4n) is 3.18. The minimum absolute atomic E-state index is 0.00314. The maximum atomic E-state index is 13.4. The van der Waals surface area contributed by atoms with Crippen LogP contribution in [0.1, 0.15) is 18.9 Å². The zero-order valence-corrected chi connectivity index (χ0v) is 20.9. The summed E-state index contributed by atoms with van der Waals surface area (Å²) < 4.78 is 26.0. The third-order valence-electron chi connectivity index (χ3n) is 4.81. The zero-order chi connectivity index (χ0) is 24.1. The summed E-state index contributed by atoms with van der Waals surface area (Å²) in [4.78, 5) is 27.3. The van der Waals surface area contributed by atoms with Gasteiger partial charge in [-0.25, -0.2) is 8.42 Å². The van der Waals surface area contributed by atoms with Crippen molar-refractivity contribution in [2.24, 2.45) is 0 Å². The number of halogens is 3. The monoisotopic (exact) mass is 519 g/mol. The van der Waals surface area contributed by atoms with Gasteiger partial charge in [0.25, 0.3) is 0 Å². The molecule has 0 aliphatic carbocycles. The summed E-state index contributed by atoms with van der Waals surface area (Å²) in [5, 5.41) is 3.12. The number of benzene rings is 2. The Morgan fingerprint density at radius 3 is 2.22 bits per heavy atom. The summed E-state index contributed by atoms with van der Waals surface area (Å²) in [5.41, 5.74) is 0.692. The third-order valence-corrected chi connectivity index (χ3v) is 7.11. The van der Waals surface area contributed by atoms with Gasteiger partial charge in [0.1, 0.15) is 12.6 Å². The standard InChI is InChI=1S/C21H24Cl3N3O4S/c1-4-17(21(29)25-2)26(12-14-8-5-6-9-15(14)22)19(28)13-27(32(3,30)31)18-11-7-10-16(23)20(18)24/h5-11,17H,4,12-13H2,1-3H3,(H,25,29)/t17-/m1/s1. The van der Waals surface area contributed by atoms with E-state index in [1.165, 1.54) is 30.1 Å². The van der Waals surface area contributed by atoms with Crippen LogP contribution in [0.2, 0.25) is 15.1 Å². The molecule has 2 rings (SSSR count). The molecule has 0 unspecified atom stereocenters. The van der Waals surface area contributed by atoms with Crippen LogP contribution in [0.5, 0.6) is 0 Å². The van der Waals surface area contributed by atoms with Gasteiger partial charge in [-0.3, -0.25) is 13.9 Å². The highest BCUT2D eigenvalue weighted by Gasteiger charge is 2.32. The number of carbonyl (C=O) groups is 2. The van der Waals surface area contributed by atoms with Crippen molar-refractivity contribution >= 4 is 62.3 Å². The maximum absolute atomic E-state index is 13.4. The first kappa shape index (κ1) is 26.3. The fraction of sp³-hybridized carbons (Fsp3) is 0.333. The molecule has 11 heteroatoms. The molecule has 7 nitrogen and oxygen atoms in total. The third kappa shape index (κ3) is 6.28. The second kappa shape index (κ2) is 11.2. The molecule has 0 saturated carbocycles. The highest BCUT2D eigenvalue weighted by molar-refractivity contribution is 7.92. The molecular formula is C21H24Cl3N3O4S. The van der Waals surface area contributed by atoms with Gasteiger partial charge >= 0.3 is 0 Å². The van der Waals surface area contributed by atoms with Crippen molar-refractivity contribution in [1.82, 2.24) is 10.2 Å². The van der Waals surface area contributed by atoms with Crippen molar-refractivity contribution in [2.45, 2.75) is 25.9 Å². The molecule has 0 heterocycles. The normalized spacial score (nSPS) is 12.2. The average molecular weight is 521 g/mol. The van der Waals surface area contributed by atoms with Gasteiger partial charge in [0.15, 0.2) is 0 Å². The lowest BCUT2D eigenvalue weighted by Gasteiger charge is -2.33. The minimum atomic E-state index is -3.91. The van der Waals surface area contributed by atoms with E-state index in [1.54, 1.807) is 31.2 Å². The van der Waals surface area contributed by atoms with Crippen molar-refractivity contribution in [3.8, 4) is 0 Å². The molecule has 174 valence electrons. The number of anilines is 1. The van der Waals surface area contributed by atoms with E-state index in [2.05, 4.69) is 5.32 Å². The molecule has 1 atom stereocenters. The number of nitrogens with zero attached hydrogens (tertiary/aromatic N) is 2. The smallest absolute Gasteiger partial charge is 0.244 e. The largest absolute Gasteiger partial charge is 0.357 e. The molecule has 0 aliphatic heterocycles. The van der Waals surface area contributed by atoms with Crippen LogP contribution in [-0.4, -0.2) is 51.0 Å². The van der Waals surface area contributed by atoms with Gasteiger partial charge < -0.3 is 10.2 Å². The number of carbonyl (C=O) groups excluding carboxylic acids is 2. The fourth-order valence-corrected chi connectivity index (χ4v) is 4.67. The summed E-state index contributed by atoms with van der Waals surface area (Å²) in [7, 11) is -2.44. The van der Waals surface area contributed by atoms with Crippen molar-refractivity contribution in [1.29, 1.82) is 0 Å². The Labute approximate surface area is 203 Å². The number of hydrogen-bond donors (Lipinski definition) is 1. The SMILES string of the molecule is CC[C@H](C(=O)NC)N(Cc1ccccc1Cl)C(=O)CN(c1cccc(Cl)c1Cl)S(C)(=O)=O. The second-order valence-electron chi connectivity index (χ2n) is 6.99. The average Bonchev–Trinajstić information content (AvgIpc) is 2.74. The molecule has 2 amide bonds. The summed E-state index contributed by atoms with van der Waals surface area (Å²) >= 11 is 18.5. The molecule has 2 aromatic rings. The maximum Gasteiger partial charge on any atom is 0.244 e. The number of likely N-dealkylation sites (N-methyl/N-ethyl adjacent to an activating group) is 1. The van der Waals surface area contributed by atoms with Crippen LogP contribution < -0.4 is 9.62 Å². The molecule has 32 heavy (non-hydrogen) atoms. The summed E-state index contributed by atoms with van der Waals surface area (Å²) in [6.45, 7) is 1.21. The van der Waals surface area contributed by atoms with E-state index in [0.29, 0.717) is 17.0 Å². The van der Waals surface area contributed by atoms with Crippen LogP contribution in [0.4, 0.5) is 5.69 Å². The molecule has 0 aliphatic rings. The number of sulfonamides is 1. The van der Waals surface area contributed by atoms with E-state index in [0.717, 1.165) is 10.6 Å². The molecule has 0 radical (unpaired) electrons. The Morgan fingerprint density at radius 1 is 1.03 bits per heavy atom. The molecule has 0 bridgehead atoms. The highest BCUT2D eigenvalue weighted by Crippen LogP contribution is 2.34. The summed E-state index contributed by atoms with van der Waals surface area (Å²) in [6.07, 6.45) is 1.28. The van der Waals surface area contributed by atoms with Crippen molar-refractivity contribution in [2.75, 3.05) is 24.2 Å². The van der Waals surface area contributed by atoms with Gasteiger partial charge in [-0.2, -0.15) is 0 Å². The summed E-state index contributed by atoms with van der Waals surface area (Å²) in [5.74, 6) is -0.971. The van der Waals surface area contributed by atoms with Crippen molar-refractivity contribution in [3.63, 3.8) is 0 Å². The van der Waals surface area contributed by atoms with Crippen LogP contribution in [-0.2, 0) is 26.2 Å². The molecule has 1 N–H and O–H groups in total. The Bertz CT molecular complexity index is 1100. The number of hydrogen-bond acceptors (Lipinski definition) is 4. The van der Waals surface area contributed by atoms with E-state index >= 15 is 0 Å². The first-order valence-corrected chi connectivity index (χ1v) is 12.7. The Morgan fingerprint density at radius 2 is 1.66 bits per heavy atom. The number of nitrogens with one attached hydrogen (secondary N) is 1. The Kier molecular flexibility index (Phi) is 9.21. The first-order valence-electron chi connectivity index (χ1n) is 9.67. The van der Waals surface area contributed by atoms with Gasteiger partial charge in [0.05, 0.1) is 22.0 Å². The van der Waals surface area contributed by atoms with Gasteiger partial charge in [-0.05, 0) is 30.2 Å².